The number of nitrogens with zero attached hydrogens (tertiary/aromatic N) is 3. The van der Waals surface area contributed by atoms with Crippen molar-refractivity contribution in [1.29, 1.82) is 0 Å². The van der Waals surface area contributed by atoms with Gasteiger partial charge in [0.2, 0.25) is 0 Å². The zero-order valence-corrected chi connectivity index (χ0v) is 41.0. The quantitative estimate of drug-likeness (QED) is 0.164. The SMILES string of the molecule is CC(C)(C)c1ccc(N2c3ccc(C(C)(C)C)cc3B3c4sc5ccc(C(C)(C)C)cc5c4N(c4ccc(C(C)(C)C)cc4)c4cc(-n5c6ccccc6c6ccccc65)cc2c43)cc1. The fraction of sp³-hybridized carbons (Fsp3) is 0.267. The van der Waals surface area contributed by atoms with E-state index in [1.165, 1.54) is 104 Å². The van der Waals surface area contributed by atoms with Crippen LogP contribution in [-0.2, 0) is 21.7 Å². The van der Waals surface area contributed by atoms with E-state index >= 15 is 0 Å². The van der Waals surface area contributed by atoms with Gasteiger partial charge in [-0.3, -0.25) is 0 Å². The minimum atomic E-state index is -0.0299. The standard InChI is InChI=1S/C60H60BN3S/c1-57(2,3)37-21-27-41(28-22-37)62-50-31-25-40(60(10,11)12)34-47(50)61-54-51(62)35-43(63-48-19-15-13-17-44(48)45-18-14-16-20-49(45)63)36-52(54)64(42-29-23-38(24-30-42)58(4,5)6)55-46-33-39(59(7,8)9)26-32-53(46)65-56(55)61/h13-36H,1-12H3. The maximum atomic E-state index is 2.64. The summed E-state index contributed by atoms with van der Waals surface area (Å²) in [4.78, 5) is 5.22. The Morgan fingerprint density at radius 1 is 0.400 bits per heavy atom. The predicted octanol–water partition coefficient (Wildman–Crippen LogP) is 15.3. The summed E-state index contributed by atoms with van der Waals surface area (Å²) in [5.41, 5.74) is 19.0. The number of anilines is 6. The fourth-order valence-electron chi connectivity index (χ4n) is 10.5. The molecule has 0 saturated heterocycles. The molecule has 0 aliphatic carbocycles. The van der Waals surface area contributed by atoms with Crippen LogP contribution in [0, 0.1) is 0 Å². The number of para-hydroxylation sites is 2. The van der Waals surface area contributed by atoms with Gasteiger partial charge in [-0.25, -0.2) is 0 Å². The zero-order chi connectivity index (χ0) is 45.5. The van der Waals surface area contributed by atoms with Gasteiger partial charge in [-0.2, -0.15) is 0 Å². The van der Waals surface area contributed by atoms with Crippen LogP contribution in [0.25, 0.3) is 37.6 Å². The van der Waals surface area contributed by atoms with Crippen LogP contribution in [0.1, 0.15) is 105 Å². The molecule has 65 heavy (non-hydrogen) atoms. The molecule has 0 atom stereocenters. The van der Waals surface area contributed by atoms with Crippen molar-refractivity contribution in [2.45, 2.75) is 105 Å². The highest BCUT2D eigenvalue weighted by Crippen LogP contribution is 2.50. The first-order valence-electron chi connectivity index (χ1n) is 23.5. The average molecular weight is 866 g/mol. The van der Waals surface area contributed by atoms with Crippen molar-refractivity contribution in [1.82, 2.24) is 4.57 Å². The average Bonchev–Trinajstić information content (AvgIpc) is 3.81. The molecule has 3 nitrogen and oxygen atoms in total. The molecule has 0 N–H and O–H groups in total. The highest BCUT2D eigenvalue weighted by atomic mass is 32.1. The first-order chi connectivity index (χ1) is 30.8. The Balaban J connectivity index is 1.31. The summed E-state index contributed by atoms with van der Waals surface area (Å²) in [6, 6.07) is 56.3. The minimum Gasteiger partial charge on any atom is -0.311 e. The summed E-state index contributed by atoms with van der Waals surface area (Å²) in [7, 11) is 0. The summed E-state index contributed by atoms with van der Waals surface area (Å²) in [6.07, 6.45) is 0. The van der Waals surface area contributed by atoms with Gasteiger partial charge >= 0.3 is 0 Å². The molecule has 2 aliphatic rings. The van der Waals surface area contributed by atoms with Gasteiger partial charge in [-0.15, -0.1) is 11.3 Å². The molecule has 0 spiro atoms. The summed E-state index contributed by atoms with van der Waals surface area (Å²) >= 11 is 1.98. The van der Waals surface area contributed by atoms with Gasteiger partial charge in [-0.1, -0.05) is 162 Å². The van der Waals surface area contributed by atoms with E-state index in [0.717, 1.165) is 5.69 Å². The molecular formula is C60H60BN3S. The lowest BCUT2D eigenvalue weighted by molar-refractivity contribution is 0.590. The van der Waals surface area contributed by atoms with Crippen LogP contribution in [0.3, 0.4) is 0 Å². The Labute approximate surface area is 390 Å². The molecule has 0 fully saturated rings. The van der Waals surface area contributed by atoms with Crippen molar-refractivity contribution >= 4 is 99.8 Å². The first-order valence-corrected chi connectivity index (χ1v) is 24.3. The van der Waals surface area contributed by atoms with Gasteiger partial charge in [0.1, 0.15) is 0 Å². The third-order valence-electron chi connectivity index (χ3n) is 14.2. The predicted molar refractivity (Wildman–Crippen MR) is 285 cm³/mol. The summed E-state index contributed by atoms with van der Waals surface area (Å²) < 4.78 is 5.24. The Morgan fingerprint density at radius 2 is 0.862 bits per heavy atom. The van der Waals surface area contributed by atoms with Gasteiger partial charge in [0, 0.05) is 54.1 Å². The molecular weight excluding hydrogens is 806 g/mol. The van der Waals surface area contributed by atoms with Gasteiger partial charge in [0.15, 0.2) is 0 Å². The second-order valence-electron chi connectivity index (χ2n) is 22.8. The van der Waals surface area contributed by atoms with Crippen molar-refractivity contribution in [3.63, 3.8) is 0 Å². The first kappa shape index (κ1) is 41.7. The van der Waals surface area contributed by atoms with Crippen LogP contribution < -0.4 is 25.5 Å². The lowest BCUT2D eigenvalue weighted by Gasteiger charge is -2.44. The zero-order valence-electron chi connectivity index (χ0n) is 40.2. The van der Waals surface area contributed by atoms with Crippen LogP contribution in [0.2, 0.25) is 0 Å². The van der Waals surface area contributed by atoms with Crippen LogP contribution in [0.15, 0.2) is 146 Å². The maximum absolute atomic E-state index is 2.64. The lowest BCUT2D eigenvalue weighted by Crippen LogP contribution is -2.60. The fourth-order valence-corrected chi connectivity index (χ4v) is 11.8. The monoisotopic (exact) mass is 865 g/mol. The van der Waals surface area contributed by atoms with Crippen molar-refractivity contribution in [2.75, 3.05) is 9.80 Å². The van der Waals surface area contributed by atoms with E-state index in [0.29, 0.717) is 0 Å². The van der Waals surface area contributed by atoms with E-state index in [4.69, 9.17) is 0 Å². The molecule has 2 aliphatic heterocycles. The number of thiophene rings is 1. The minimum absolute atomic E-state index is 0.00622. The number of hydrogen-bond acceptors (Lipinski definition) is 3. The molecule has 2 aromatic heterocycles. The highest BCUT2D eigenvalue weighted by molar-refractivity contribution is 7.33. The number of benzene rings is 7. The molecule has 0 amide bonds. The van der Waals surface area contributed by atoms with Gasteiger partial charge < -0.3 is 14.4 Å². The van der Waals surface area contributed by atoms with Gasteiger partial charge in [-0.05, 0) is 122 Å². The van der Waals surface area contributed by atoms with Gasteiger partial charge in [0.05, 0.1) is 22.4 Å². The molecule has 0 unspecified atom stereocenters. The van der Waals surface area contributed by atoms with E-state index in [1.54, 1.807) is 0 Å². The Morgan fingerprint density at radius 3 is 1.40 bits per heavy atom. The van der Waals surface area contributed by atoms with Crippen LogP contribution >= 0.6 is 11.3 Å². The number of fused-ring (bicyclic) bond motifs is 9. The molecule has 0 bridgehead atoms. The van der Waals surface area contributed by atoms with Crippen molar-refractivity contribution in [3.8, 4) is 5.69 Å². The van der Waals surface area contributed by atoms with E-state index in [1.807, 2.05) is 11.3 Å². The van der Waals surface area contributed by atoms with Crippen molar-refractivity contribution in [2.24, 2.45) is 0 Å². The molecule has 324 valence electrons. The Bertz CT molecular complexity index is 3300. The molecule has 9 aromatic rings. The van der Waals surface area contributed by atoms with Crippen LogP contribution in [-0.4, -0.2) is 11.3 Å². The second-order valence-corrected chi connectivity index (χ2v) is 23.8. The molecule has 11 rings (SSSR count). The molecule has 4 heterocycles. The van der Waals surface area contributed by atoms with Gasteiger partial charge in [0.25, 0.3) is 6.71 Å². The van der Waals surface area contributed by atoms with Crippen LogP contribution in [0.4, 0.5) is 34.1 Å². The van der Waals surface area contributed by atoms with E-state index in [-0.39, 0.29) is 28.4 Å². The van der Waals surface area contributed by atoms with Crippen molar-refractivity contribution in [3.05, 3.63) is 168 Å². The maximum Gasteiger partial charge on any atom is 0.264 e. The van der Waals surface area contributed by atoms with Crippen molar-refractivity contribution < 1.29 is 0 Å². The highest BCUT2D eigenvalue weighted by Gasteiger charge is 2.46. The lowest BCUT2D eigenvalue weighted by atomic mass is 9.36. The van der Waals surface area contributed by atoms with E-state index < -0.39 is 0 Å². The Kier molecular flexibility index (Phi) is 9.12. The molecule has 0 radical (unpaired) electrons. The smallest absolute Gasteiger partial charge is 0.264 e. The summed E-state index contributed by atoms with van der Waals surface area (Å²) in [5.74, 6) is 0. The van der Waals surface area contributed by atoms with Crippen LogP contribution in [0.5, 0.6) is 0 Å². The normalized spacial score (nSPS) is 14.1. The second kappa shape index (κ2) is 14.2. The Hall–Kier alpha value is -6.04. The summed E-state index contributed by atoms with van der Waals surface area (Å²) in [5, 5.41) is 3.84. The number of aromatic nitrogens is 1. The van der Waals surface area contributed by atoms with E-state index in [9.17, 15) is 0 Å². The molecule has 5 heteroatoms. The third-order valence-corrected chi connectivity index (χ3v) is 15.4. The molecule has 0 saturated carbocycles. The number of hydrogen-bond donors (Lipinski definition) is 0. The number of rotatable bonds is 3. The summed E-state index contributed by atoms with van der Waals surface area (Å²) in [6.45, 7) is 27.9. The van der Waals surface area contributed by atoms with E-state index in [2.05, 4.69) is 243 Å². The third kappa shape index (κ3) is 6.59. The molecule has 7 aromatic carbocycles. The topological polar surface area (TPSA) is 11.4 Å². The largest absolute Gasteiger partial charge is 0.311 e.